The summed E-state index contributed by atoms with van der Waals surface area (Å²) >= 11 is 5.76. The van der Waals surface area contributed by atoms with Crippen molar-refractivity contribution in [1.29, 1.82) is 0 Å². The largest absolute Gasteiger partial charge is 0.323 e. The second-order valence-corrected chi connectivity index (χ2v) is 4.53. The van der Waals surface area contributed by atoms with Crippen molar-refractivity contribution in [2.45, 2.75) is 13.0 Å². The number of nitrogens with two attached hydrogens (primary N) is 1. The van der Waals surface area contributed by atoms with Crippen LogP contribution in [0, 0.1) is 6.92 Å². The van der Waals surface area contributed by atoms with E-state index in [0.717, 1.165) is 5.56 Å². The molecule has 0 unspecified atom stereocenters. The molecule has 5 heteroatoms. The first kappa shape index (κ1) is 13.5. The number of rotatable bonds is 3. The Morgan fingerprint density at radius 3 is 2.58 bits per heavy atom. The Labute approximate surface area is 116 Å². The zero-order chi connectivity index (χ0) is 13.8. The van der Waals surface area contributed by atoms with E-state index in [0.29, 0.717) is 16.5 Å². The van der Waals surface area contributed by atoms with E-state index >= 15 is 0 Å². The van der Waals surface area contributed by atoms with Gasteiger partial charge in [-0.2, -0.15) is 0 Å². The van der Waals surface area contributed by atoms with Gasteiger partial charge < -0.3 is 11.1 Å². The van der Waals surface area contributed by atoms with Crippen LogP contribution < -0.4 is 11.1 Å². The molecular weight excluding hydrogens is 262 g/mol. The van der Waals surface area contributed by atoms with Crippen molar-refractivity contribution in [3.05, 3.63) is 58.9 Å². The lowest BCUT2D eigenvalue weighted by molar-refractivity contribution is -0.117. The van der Waals surface area contributed by atoms with Crippen molar-refractivity contribution < 1.29 is 4.79 Å². The highest BCUT2D eigenvalue weighted by Crippen LogP contribution is 2.18. The third kappa shape index (κ3) is 3.30. The average molecular weight is 276 g/mol. The summed E-state index contributed by atoms with van der Waals surface area (Å²) in [5, 5.41) is 3.14. The molecule has 0 aliphatic rings. The lowest BCUT2D eigenvalue weighted by atomic mass is 10.1. The summed E-state index contributed by atoms with van der Waals surface area (Å²) in [5.41, 5.74) is 7.94. The molecule has 0 aliphatic carbocycles. The van der Waals surface area contributed by atoms with Gasteiger partial charge in [0, 0.05) is 0 Å². The van der Waals surface area contributed by atoms with Gasteiger partial charge >= 0.3 is 0 Å². The number of pyridine rings is 1. The van der Waals surface area contributed by atoms with Gasteiger partial charge in [0.05, 0.1) is 11.4 Å². The van der Waals surface area contributed by atoms with E-state index in [-0.39, 0.29) is 5.91 Å². The van der Waals surface area contributed by atoms with E-state index in [1.54, 1.807) is 19.1 Å². The fraction of sp³-hybridized carbons (Fsp3) is 0.143. The first-order valence-corrected chi connectivity index (χ1v) is 6.20. The van der Waals surface area contributed by atoms with E-state index in [9.17, 15) is 4.79 Å². The number of halogens is 1. The second-order valence-electron chi connectivity index (χ2n) is 4.14. The van der Waals surface area contributed by atoms with E-state index in [1.165, 1.54) is 0 Å². The van der Waals surface area contributed by atoms with Gasteiger partial charge in [0.2, 0.25) is 5.91 Å². The van der Waals surface area contributed by atoms with Crippen molar-refractivity contribution in [3.63, 3.8) is 0 Å². The summed E-state index contributed by atoms with van der Waals surface area (Å²) in [6, 6.07) is 11.8. The van der Waals surface area contributed by atoms with Gasteiger partial charge in [-0.05, 0) is 24.6 Å². The summed E-state index contributed by atoms with van der Waals surface area (Å²) in [7, 11) is 0. The van der Waals surface area contributed by atoms with Crippen LogP contribution in [0.1, 0.15) is 17.3 Å². The number of hydrogen-bond acceptors (Lipinski definition) is 3. The maximum Gasteiger partial charge on any atom is 0.245 e. The Morgan fingerprint density at radius 2 is 1.95 bits per heavy atom. The zero-order valence-electron chi connectivity index (χ0n) is 10.4. The number of anilines is 1. The molecule has 0 aliphatic heterocycles. The molecule has 0 fully saturated rings. The monoisotopic (exact) mass is 275 g/mol. The highest BCUT2D eigenvalue weighted by Gasteiger charge is 2.16. The van der Waals surface area contributed by atoms with E-state index < -0.39 is 6.04 Å². The normalized spacial score (nSPS) is 11.9. The summed E-state index contributed by atoms with van der Waals surface area (Å²) < 4.78 is 0. The number of carbonyl (C=O) groups excluding carboxylic acids is 1. The Bertz CT molecular complexity index is 586. The van der Waals surface area contributed by atoms with Crippen molar-refractivity contribution in [3.8, 4) is 0 Å². The van der Waals surface area contributed by atoms with Crippen molar-refractivity contribution in [1.82, 2.24) is 4.98 Å². The highest BCUT2D eigenvalue weighted by atomic mass is 35.5. The number of nitrogens with one attached hydrogen (secondary N) is 1. The first-order chi connectivity index (χ1) is 9.08. The zero-order valence-corrected chi connectivity index (χ0v) is 11.2. The molecule has 1 heterocycles. The minimum Gasteiger partial charge on any atom is -0.323 e. The standard InChI is InChI=1S/C14H14ClN3O/c1-9-11(7-8-12(15)17-9)18-14(19)13(16)10-5-3-2-4-6-10/h2-8,13H,16H2,1H3,(H,18,19)/t13-/m1/s1. The molecular formula is C14H14ClN3O. The smallest absolute Gasteiger partial charge is 0.245 e. The van der Waals surface area contributed by atoms with E-state index in [4.69, 9.17) is 17.3 Å². The molecule has 98 valence electrons. The first-order valence-electron chi connectivity index (χ1n) is 5.82. The summed E-state index contributed by atoms with van der Waals surface area (Å²) in [6.45, 7) is 1.77. The number of carbonyl (C=O) groups is 1. The van der Waals surface area contributed by atoms with Crippen LogP contribution in [-0.2, 0) is 4.79 Å². The number of amides is 1. The molecule has 19 heavy (non-hydrogen) atoms. The number of nitrogens with zero attached hydrogens (tertiary/aromatic N) is 1. The molecule has 0 spiro atoms. The molecule has 2 rings (SSSR count). The summed E-state index contributed by atoms with van der Waals surface area (Å²) in [6.07, 6.45) is 0. The van der Waals surface area contributed by atoms with E-state index in [2.05, 4.69) is 10.3 Å². The van der Waals surface area contributed by atoms with Gasteiger partial charge in [0.25, 0.3) is 0 Å². The number of aryl methyl sites for hydroxylation is 1. The van der Waals surface area contributed by atoms with Crippen LogP contribution in [0.15, 0.2) is 42.5 Å². The maximum absolute atomic E-state index is 12.1. The lowest BCUT2D eigenvalue weighted by Gasteiger charge is -2.13. The molecule has 1 aromatic carbocycles. The minimum absolute atomic E-state index is 0.279. The van der Waals surface area contributed by atoms with Crippen LogP contribution in [0.25, 0.3) is 0 Å². The minimum atomic E-state index is -0.712. The van der Waals surface area contributed by atoms with Crippen molar-refractivity contribution in [2.75, 3.05) is 5.32 Å². The summed E-state index contributed by atoms with van der Waals surface area (Å²) in [5.74, 6) is -0.279. The molecule has 1 amide bonds. The van der Waals surface area contributed by atoms with Crippen LogP contribution in [0.3, 0.4) is 0 Å². The van der Waals surface area contributed by atoms with Gasteiger partial charge in [-0.25, -0.2) is 4.98 Å². The molecule has 2 aromatic rings. The molecule has 0 radical (unpaired) electrons. The van der Waals surface area contributed by atoms with Crippen LogP contribution in [0.5, 0.6) is 0 Å². The van der Waals surface area contributed by atoms with Gasteiger partial charge in [-0.3, -0.25) is 4.79 Å². The van der Waals surface area contributed by atoms with Gasteiger partial charge in [0.1, 0.15) is 11.2 Å². The third-order valence-corrected chi connectivity index (χ3v) is 2.96. The number of aromatic nitrogens is 1. The Hall–Kier alpha value is -1.91. The van der Waals surface area contributed by atoms with Crippen molar-refractivity contribution in [2.24, 2.45) is 5.73 Å². The average Bonchev–Trinajstić information content (AvgIpc) is 2.42. The van der Waals surface area contributed by atoms with Gasteiger partial charge in [-0.15, -0.1) is 0 Å². The van der Waals surface area contributed by atoms with Crippen LogP contribution in [-0.4, -0.2) is 10.9 Å². The molecule has 1 aromatic heterocycles. The van der Waals surface area contributed by atoms with Crippen LogP contribution in [0.2, 0.25) is 5.15 Å². The number of hydrogen-bond donors (Lipinski definition) is 2. The predicted molar refractivity (Wildman–Crippen MR) is 76.0 cm³/mol. The topological polar surface area (TPSA) is 68.0 Å². The van der Waals surface area contributed by atoms with Gasteiger partial charge in [0.15, 0.2) is 0 Å². The Balaban J connectivity index is 2.13. The van der Waals surface area contributed by atoms with Crippen LogP contribution in [0.4, 0.5) is 5.69 Å². The molecule has 0 bridgehead atoms. The maximum atomic E-state index is 12.1. The lowest BCUT2D eigenvalue weighted by Crippen LogP contribution is -2.28. The number of benzene rings is 1. The Morgan fingerprint density at radius 1 is 1.26 bits per heavy atom. The predicted octanol–water partition coefficient (Wildman–Crippen LogP) is 2.68. The quantitative estimate of drug-likeness (QED) is 0.846. The molecule has 4 nitrogen and oxygen atoms in total. The SMILES string of the molecule is Cc1nc(Cl)ccc1NC(=O)[C@H](N)c1ccccc1. The highest BCUT2D eigenvalue weighted by molar-refractivity contribution is 6.29. The van der Waals surface area contributed by atoms with Crippen LogP contribution >= 0.6 is 11.6 Å². The second kappa shape index (κ2) is 5.82. The molecule has 1 atom stereocenters. The fourth-order valence-electron chi connectivity index (χ4n) is 1.68. The van der Waals surface area contributed by atoms with Crippen molar-refractivity contribution >= 4 is 23.2 Å². The molecule has 0 saturated carbocycles. The summed E-state index contributed by atoms with van der Waals surface area (Å²) in [4.78, 5) is 16.1. The molecule has 3 N–H and O–H groups in total. The Kier molecular flexibility index (Phi) is 4.14. The van der Waals surface area contributed by atoms with Gasteiger partial charge in [-0.1, -0.05) is 41.9 Å². The van der Waals surface area contributed by atoms with E-state index in [1.807, 2.05) is 30.3 Å². The third-order valence-electron chi connectivity index (χ3n) is 2.75. The molecule has 0 saturated heterocycles. The fourth-order valence-corrected chi connectivity index (χ4v) is 1.87.